The maximum Gasteiger partial charge on any atom is 0.337 e. The van der Waals surface area contributed by atoms with Gasteiger partial charge in [-0.3, -0.25) is 4.79 Å². The number of hydrogen-bond acceptors (Lipinski definition) is 6. The number of amides is 1. The number of esters is 1. The minimum absolute atomic E-state index is 0.281. The lowest BCUT2D eigenvalue weighted by atomic mass is 9.76. The maximum absolute atomic E-state index is 14.0. The molecule has 8 heteroatoms. The summed E-state index contributed by atoms with van der Waals surface area (Å²) in [6, 6.07) is 18.7. The second kappa shape index (κ2) is 11.3. The Hall–Kier alpha value is -4.46. The first-order valence-electron chi connectivity index (χ1n) is 12.2. The van der Waals surface area contributed by atoms with Crippen LogP contribution < -0.4 is 15.1 Å². The third-order valence-electron chi connectivity index (χ3n) is 6.75. The van der Waals surface area contributed by atoms with E-state index >= 15 is 0 Å². The summed E-state index contributed by atoms with van der Waals surface area (Å²) in [5.41, 5.74) is 6.67. The highest BCUT2D eigenvalue weighted by molar-refractivity contribution is 5.96. The highest BCUT2D eigenvalue weighted by atomic mass is 19.1. The van der Waals surface area contributed by atoms with Gasteiger partial charge in [0, 0.05) is 35.1 Å². The Labute approximate surface area is 221 Å². The number of allylic oxidation sites excluding steroid dienone is 2. The number of fused-ring (bicyclic) bond motifs is 1. The molecule has 38 heavy (non-hydrogen) atoms. The van der Waals surface area contributed by atoms with Gasteiger partial charge in [-0.2, -0.15) is 5.10 Å². The number of anilines is 1. The van der Waals surface area contributed by atoms with Crippen molar-refractivity contribution in [3.8, 4) is 5.75 Å². The molecule has 0 aromatic heterocycles. The van der Waals surface area contributed by atoms with Crippen LogP contribution in [0.4, 0.5) is 10.1 Å². The first-order chi connectivity index (χ1) is 18.3. The molecule has 1 atom stereocenters. The van der Waals surface area contributed by atoms with E-state index in [1.807, 2.05) is 30.3 Å². The molecule has 1 aliphatic heterocycles. The molecule has 0 saturated carbocycles. The number of hydrazone groups is 1. The van der Waals surface area contributed by atoms with Crippen molar-refractivity contribution in [1.29, 1.82) is 0 Å². The first-order valence-corrected chi connectivity index (χ1v) is 12.2. The topological polar surface area (TPSA) is 80.2 Å². The van der Waals surface area contributed by atoms with Gasteiger partial charge in [0.25, 0.3) is 5.91 Å². The molecule has 0 bridgehead atoms. The highest BCUT2D eigenvalue weighted by Crippen LogP contribution is 2.50. The Morgan fingerprint density at radius 1 is 1.05 bits per heavy atom. The zero-order chi connectivity index (χ0) is 27.3. The van der Waals surface area contributed by atoms with Crippen molar-refractivity contribution >= 4 is 23.8 Å². The summed E-state index contributed by atoms with van der Waals surface area (Å²) in [7, 11) is 2.93. The monoisotopic (exact) mass is 515 g/mol. The Bertz CT molecular complexity index is 1400. The van der Waals surface area contributed by atoms with Gasteiger partial charge in [-0.05, 0) is 92.1 Å². The third kappa shape index (κ3) is 5.29. The van der Waals surface area contributed by atoms with Crippen LogP contribution in [-0.2, 0) is 16.6 Å². The van der Waals surface area contributed by atoms with Crippen LogP contribution in [0.1, 0.15) is 45.7 Å². The van der Waals surface area contributed by atoms with Gasteiger partial charge >= 0.3 is 5.97 Å². The van der Waals surface area contributed by atoms with Gasteiger partial charge in [-0.15, -0.1) is 0 Å². The predicted octanol–water partition coefficient (Wildman–Crippen LogP) is 5.26. The lowest BCUT2D eigenvalue weighted by molar-refractivity contribution is 0.0600. The SMILES string of the molecule is CCN1C(=CC=NNC(=O)c2ccc(C(=O)OC)cc2)C(C)(Cc2cccc(F)c2)c2cc(OC)ccc21. The predicted molar refractivity (Wildman–Crippen MR) is 145 cm³/mol. The molecule has 3 aromatic rings. The zero-order valence-corrected chi connectivity index (χ0v) is 21.8. The van der Waals surface area contributed by atoms with E-state index in [2.05, 4.69) is 34.0 Å². The normalized spacial score (nSPS) is 17.5. The highest BCUT2D eigenvalue weighted by Gasteiger charge is 2.43. The van der Waals surface area contributed by atoms with Crippen molar-refractivity contribution in [2.45, 2.75) is 25.7 Å². The van der Waals surface area contributed by atoms with Crippen molar-refractivity contribution in [2.24, 2.45) is 5.10 Å². The molecule has 0 radical (unpaired) electrons. The first kappa shape index (κ1) is 26.6. The largest absolute Gasteiger partial charge is 0.497 e. The molecule has 0 saturated heterocycles. The molecule has 1 amide bonds. The van der Waals surface area contributed by atoms with Gasteiger partial charge in [-0.25, -0.2) is 14.6 Å². The molecular weight excluding hydrogens is 485 g/mol. The van der Waals surface area contributed by atoms with Crippen LogP contribution in [0.15, 0.2) is 83.6 Å². The lowest BCUT2D eigenvalue weighted by Crippen LogP contribution is -2.31. The summed E-state index contributed by atoms with van der Waals surface area (Å²) in [4.78, 5) is 26.3. The minimum Gasteiger partial charge on any atom is -0.497 e. The van der Waals surface area contributed by atoms with E-state index in [1.54, 1.807) is 25.5 Å². The van der Waals surface area contributed by atoms with Crippen molar-refractivity contribution < 1.29 is 23.5 Å². The van der Waals surface area contributed by atoms with Crippen LogP contribution in [0.5, 0.6) is 5.75 Å². The quantitative estimate of drug-likeness (QED) is 0.252. The van der Waals surface area contributed by atoms with Gasteiger partial charge in [0.2, 0.25) is 0 Å². The lowest BCUT2D eigenvalue weighted by Gasteiger charge is -2.30. The van der Waals surface area contributed by atoms with Crippen LogP contribution >= 0.6 is 0 Å². The molecule has 196 valence electrons. The Balaban J connectivity index is 1.62. The second-order valence-electron chi connectivity index (χ2n) is 9.11. The van der Waals surface area contributed by atoms with Gasteiger partial charge in [0.15, 0.2) is 0 Å². The number of methoxy groups -OCH3 is 2. The Morgan fingerprint density at radius 2 is 1.79 bits per heavy atom. The van der Waals surface area contributed by atoms with Crippen LogP contribution in [0.25, 0.3) is 0 Å². The van der Waals surface area contributed by atoms with Crippen LogP contribution in [0, 0.1) is 5.82 Å². The fourth-order valence-electron chi connectivity index (χ4n) is 4.88. The molecular formula is C30H30FN3O4. The number of rotatable bonds is 8. The summed E-state index contributed by atoms with van der Waals surface area (Å²) in [6.07, 6.45) is 3.97. The van der Waals surface area contributed by atoms with Gasteiger partial charge in [0.05, 0.1) is 19.8 Å². The average molecular weight is 516 g/mol. The molecule has 1 N–H and O–H groups in total. The molecule has 7 nitrogen and oxygen atoms in total. The third-order valence-corrected chi connectivity index (χ3v) is 6.75. The fraction of sp³-hybridized carbons (Fsp3) is 0.233. The van der Waals surface area contributed by atoms with Crippen molar-refractivity contribution in [3.63, 3.8) is 0 Å². The number of ether oxygens (including phenoxy) is 2. The summed E-state index contributed by atoms with van der Waals surface area (Å²) < 4.78 is 24.2. The van der Waals surface area contributed by atoms with E-state index in [0.29, 0.717) is 24.1 Å². The number of likely N-dealkylation sites (N-methyl/N-ethyl adjacent to an activating group) is 1. The van der Waals surface area contributed by atoms with Crippen molar-refractivity contribution in [1.82, 2.24) is 5.43 Å². The van der Waals surface area contributed by atoms with Gasteiger partial charge in [-0.1, -0.05) is 12.1 Å². The molecule has 4 rings (SSSR count). The van der Waals surface area contributed by atoms with Gasteiger partial charge in [0.1, 0.15) is 11.6 Å². The molecule has 0 spiro atoms. The van der Waals surface area contributed by atoms with E-state index in [4.69, 9.17) is 4.74 Å². The molecule has 0 aliphatic carbocycles. The summed E-state index contributed by atoms with van der Waals surface area (Å²) in [5.74, 6) is -0.425. The number of nitrogens with one attached hydrogen (secondary N) is 1. The van der Waals surface area contributed by atoms with Crippen molar-refractivity contribution in [3.05, 3.63) is 107 Å². The number of carbonyl (C=O) groups is 2. The number of nitrogens with zero attached hydrogens (tertiary/aromatic N) is 2. The van der Waals surface area contributed by atoms with E-state index in [0.717, 1.165) is 28.3 Å². The molecule has 1 unspecified atom stereocenters. The van der Waals surface area contributed by atoms with Gasteiger partial charge < -0.3 is 14.4 Å². The Morgan fingerprint density at radius 3 is 2.45 bits per heavy atom. The molecule has 0 fully saturated rings. The van der Waals surface area contributed by atoms with Crippen LogP contribution in [0.3, 0.4) is 0 Å². The van der Waals surface area contributed by atoms with E-state index in [1.165, 1.54) is 37.4 Å². The smallest absolute Gasteiger partial charge is 0.337 e. The summed E-state index contributed by atoms with van der Waals surface area (Å²) in [5, 5.41) is 4.13. The van der Waals surface area contributed by atoms with E-state index in [-0.39, 0.29) is 5.82 Å². The van der Waals surface area contributed by atoms with E-state index < -0.39 is 17.3 Å². The van der Waals surface area contributed by atoms with Crippen LogP contribution in [0.2, 0.25) is 0 Å². The molecule has 1 aliphatic rings. The number of carbonyl (C=O) groups excluding carboxylic acids is 2. The zero-order valence-electron chi connectivity index (χ0n) is 21.8. The van der Waals surface area contributed by atoms with E-state index in [9.17, 15) is 14.0 Å². The number of halogens is 1. The number of benzene rings is 3. The molecule has 3 aromatic carbocycles. The fourth-order valence-corrected chi connectivity index (χ4v) is 4.88. The maximum atomic E-state index is 14.0. The number of hydrogen-bond donors (Lipinski definition) is 1. The van der Waals surface area contributed by atoms with Crippen LogP contribution in [-0.4, -0.2) is 38.9 Å². The Kier molecular flexibility index (Phi) is 7.90. The average Bonchev–Trinajstić information content (AvgIpc) is 3.16. The molecule has 1 heterocycles. The summed E-state index contributed by atoms with van der Waals surface area (Å²) >= 11 is 0. The van der Waals surface area contributed by atoms with Crippen molar-refractivity contribution in [2.75, 3.05) is 25.7 Å². The minimum atomic E-state index is -0.507. The second-order valence-corrected chi connectivity index (χ2v) is 9.11. The standard InChI is InChI=1S/C30H30FN3O4/c1-5-34-26-14-13-24(37-3)18-25(26)30(2,19-20-7-6-8-23(31)17-20)27(34)15-16-32-33-28(35)21-9-11-22(12-10-21)29(36)38-4/h6-18H,5,19H2,1-4H3,(H,33,35). The summed E-state index contributed by atoms with van der Waals surface area (Å²) in [6.45, 7) is 4.89.